The second-order valence-corrected chi connectivity index (χ2v) is 16.6. The Kier molecular flexibility index (Phi) is 11.6. The minimum absolute atomic E-state index is 0. The predicted octanol–water partition coefficient (Wildman–Crippen LogP) is -1.06. The molecule has 9 rings (SSSR count). The van der Waals surface area contributed by atoms with Crippen LogP contribution in [0.5, 0.6) is 0 Å². The van der Waals surface area contributed by atoms with Gasteiger partial charge in [0, 0.05) is 28.8 Å². The van der Waals surface area contributed by atoms with Gasteiger partial charge in [0.1, 0.15) is 0 Å². The van der Waals surface area contributed by atoms with Crippen molar-refractivity contribution in [2.75, 3.05) is 0 Å². The predicted molar refractivity (Wildman–Crippen MR) is 167 cm³/mol. The van der Waals surface area contributed by atoms with E-state index >= 15 is 0 Å². The van der Waals surface area contributed by atoms with Gasteiger partial charge < -0.3 is 14.0 Å². The summed E-state index contributed by atoms with van der Waals surface area (Å²) < 4.78 is 29.3. The molecule has 9 fully saturated rings. The molecular formula is C32H56CoN8NaO3S-. The number of hydrogen-bond donors (Lipinski definition) is 8. The largest absolute Gasteiger partial charge is 1.00 e. The molecule has 8 N–H and O–H groups in total. The van der Waals surface area contributed by atoms with Crippen LogP contribution in [0.25, 0.3) is 0 Å². The molecule has 259 valence electrons. The van der Waals surface area contributed by atoms with E-state index in [1.807, 2.05) is 0 Å². The molecule has 17 atom stereocenters. The number of hydrogen-bond acceptors (Lipinski definition) is 12. The number of nitrogens with one attached hydrogen (secondary N) is 8. The van der Waals surface area contributed by atoms with Crippen molar-refractivity contribution in [3.8, 4) is 0 Å². The van der Waals surface area contributed by atoms with Crippen LogP contribution in [0.1, 0.15) is 97.7 Å². The molecule has 5 aliphatic heterocycles. The molecule has 14 heteroatoms. The van der Waals surface area contributed by atoms with Gasteiger partial charge in [-0.15, -0.1) is 0 Å². The Balaban J connectivity index is 0.00000129. The fourth-order valence-electron chi connectivity index (χ4n) is 12.2. The maximum absolute atomic E-state index is 11.8. The van der Waals surface area contributed by atoms with Crippen LogP contribution < -0.4 is 72.1 Å². The van der Waals surface area contributed by atoms with E-state index in [4.69, 9.17) is 4.18 Å². The first-order valence-corrected chi connectivity index (χ1v) is 19.5. The van der Waals surface area contributed by atoms with E-state index in [9.17, 15) is 8.42 Å². The van der Waals surface area contributed by atoms with E-state index in [0.717, 1.165) is 19.3 Å². The summed E-state index contributed by atoms with van der Waals surface area (Å²) in [6.45, 7) is 0. The van der Waals surface area contributed by atoms with Gasteiger partial charge in [-0.3, -0.25) is 42.5 Å². The van der Waals surface area contributed by atoms with Crippen molar-refractivity contribution in [2.24, 2.45) is 47.3 Å². The van der Waals surface area contributed by atoms with Crippen LogP contribution >= 0.6 is 0 Å². The third-order valence-electron chi connectivity index (χ3n) is 14.0. The average Bonchev–Trinajstić information content (AvgIpc) is 3.77. The maximum Gasteiger partial charge on any atom is 1.00 e. The third-order valence-corrected chi connectivity index (χ3v) is 14.4. The molecule has 4 aliphatic carbocycles. The minimum Gasteiger partial charge on any atom is -1.00 e. The molecule has 0 aromatic carbocycles. The zero-order valence-corrected chi connectivity index (χ0v) is 31.2. The monoisotopic (exact) mass is 714 g/mol. The fraction of sp³-hybridized carbons (Fsp3) is 1.00. The molecule has 5 saturated heterocycles. The summed E-state index contributed by atoms with van der Waals surface area (Å²) >= 11 is 0. The SMILES string of the molecule is O=[S-](=O)OC1CCCC2C3NC4NC(NC5NC(NC6NC(NC(N3)C12)C1CCCCC61)C1CCCCC51)C1CCCCC41.[Co].[H-].[Na+]. The summed E-state index contributed by atoms with van der Waals surface area (Å²) in [6.07, 6.45) is 20.0. The second-order valence-electron chi connectivity index (χ2n) is 16.0. The summed E-state index contributed by atoms with van der Waals surface area (Å²) in [4.78, 5) is 0. The Labute approximate surface area is 311 Å². The Morgan fingerprint density at radius 1 is 0.413 bits per heavy atom. The molecule has 9 aliphatic rings. The zero-order valence-electron chi connectivity index (χ0n) is 28.4. The maximum atomic E-state index is 11.8. The molecule has 11 nitrogen and oxygen atoms in total. The van der Waals surface area contributed by atoms with Gasteiger partial charge in [0.05, 0.1) is 60.3 Å². The fourth-order valence-corrected chi connectivity index (χ4v) is 12.6. The van der Waals surface area contributed by atoms with E-state index in [-0.39, 0.29) is 90.6 Å². The van der Waals surface area contributed by atoms with Crippen molar-refractivity contribution >= 4 is 11.0 Å². The van der Waals surface area contributed by atoms with Gasteiger partial charge in [-0.25, -0.2) is 0 Å². The van der Waals surface area contributed by atoms with Crippen LogP contribution in [0, 0.1) is 47.3 Å². The molecule has 0 amide bonds. The van der Waals surface area contributed by atoms with Crippen LogP contribution in [0.4, 0.5) is 0 Å². The van der Waals surface area contributed by atoms with E-state index in [1.165, 1.54) is 77.0 Å². The first-order chi connectivity index (χ1) is 21.6. The normalized spacial score (nSPS) is 52.8. The summed E-state index contributed by atoms with van der Waals surface area (Å²) in [7, 11) is -2.51. The van der Waals surface area contributed by atoms with Crippen molar-refractivity contribution in [1.29, 1.82) is 0 Å². The Bertz CT molecular complexity index is 1140. The van der Waals surface area contributed by atoms with Crippen molar-refractivity contribution < 1.29 is 60.4 Å². The first-order valence-electron chi connectivity index (χ1n) is 18.5. The van der Waals surface area contributed by atoms with Crippen molar-refractivity contribution in [3.63, 3.8) is 0 Å². The molecule has 1 radical (unpaired) electrons. The van der Waals surface area contributed by atoms with Crippen LogP contribution in [-0.4, -0.2) is 55.4 Å². The number of rotatable bonds is 2. The standard InChI is InChI=1S/C32H55N8O3S.Co.Na.H/c41-44(42)43-23-15-7-14-22-24(23)32-39-30-21-13-6-5-12-20(21)28(37-30)35-26-17-9-2-1-8-16(17)25(33-26)34-27-18-10-3-4-11-19(18)29(36-27)38-31(22)40-32;;;/h16-40H,1-15H2;;;/q-1;;+1;-1. The quantitative estimate of drug-likeness (QED) is 0.131. The zero-order chi connectivity index (χ0) is 29.4. The van der Waals surface area contributed by atoms with Crippen LogP contribution in [0.3, 0.4) is 0 Å². The van der Waals surface area contributed by atoms with Gasteiger partial charge in [0.25, 0.3) is 0 Å². The Hall–Kier alpha value is 1.10. The molecule has 46 heavy (non-hydrogen) atoms. The molecule has 17 unspecified atom stereocenters. The van der Waals surface area contributed by atoms with Crippen LogP contribution in [-0.2, 0) is 40.4 Å². The topological polar surface area (TPSA) is 140 Å². The van der Waals surface area contributed by atoms with Gasteiger partial charge in [-0.1, -0.05) is 44.9 Å². The van der Waals surface area contributed by atoms with Crippen molar-refractivity contribution in [1.82, 2.24) is 42.5 Å². The van der Waals surface area contributed by atoms with Crippen molar-refractivity contribution in [3.05, 3.63) is 0 Å². The summed E-state index contributed by atoms with van der Waals surface area (Å²) in [6, 6.07) is 0. The number of fused-ring (bicyclic) bond motifs is 20. The average molecular weight is 715 g/mol. The van der Waals surface area contributed by atoms with Gasteiger partial charge in [-0.05, 0) is 92.8 Å². The third kappa shape index (κ3) is 6.51. The Morgan fingerprint density at radius 3 is 1.02 bits per heavy atom. The summed E-state index contributed by atoms with van der Waals surface area (Å²) in [5, 5.41) is 32.9. The summed E-state index contributed by atoms with van der Waals surface area (Å²) in [5.41, 5.74) is 0. The summed E-state index contributed by atoms with van der Waals surface area (Å²) in [5.74, 6) is 4.16. The van der Waals surface area contributed by atoms with E-state index in [0.29, 0.717) is 59.9 Å². The molecule has 0 spiro atoms. The molecule has 0 aromatic heterocycles. The van der Waals surface area contributed by atoms with Crippen LogP contribution in [0.15, 0.2) is 0 Å². The molecule has 5 heterocycles. The second kappa shape index (κ2) is 15.0. The van der Waals surface area contributed by atoms with Gasteiger partial charge >= 0.3 is 29.6 Å². The first kappa shape index (κ1) is 35.5. The molecule has 0 aromatic rings. The van der Waals surface area contributed by atoms with Gasteiger partial charge in [0.2, 0.25) is 0 Å². The van der Waals surface area contributed by atoms with Crippen molar-refractivity contribution in [2.45, 2.75) is 152 Å². The van der Waals surface area contributed by atoms with Crippen LogP contribution in [0.2, 0.25) is 0 Å². The molecule has 4 saturated carbocycles. The Morgan fingerprint density at radius 2 is 0.696 bits per heavy atom. The van der Waals surface area contributed by atoms with Gasteiger partial charge in [0.15, 0.2) is 0 Å². The minimum atomic E-state index is -2.51. The smallest absolute Gasteiger partial charge is 1.00 e. The van der Waals surface area contributed by atoms with Gasteiger partial charge in [-0.2, -0.15) is 0 Å². The van der Waals surface area contributed by atoms with E-state index < -0.39 is 11.0 Å². The van der Waals surface area contributed by atoms with E-state index in [2.05, 4.69) is 42.5 Å². The van der Waals surface area contributed by atoms with E-state index in [1.54, 1.807) is 0 Å². The molecular weight excluding hydrogens is 658 g/mol. The molecule has 8 bridgehead atoms.